The fourth-order valence-electron chi connectivity index (χ4n) is 4.95. The van der Waals surface area contributed by atoms with Gasteiger partial charge in [-0.1, -0.05) is 59.6 Å². The maximum atomic E-state index is 14.1. The van der Waals surface area contributed by atoms with Gasteiger partial charge in [-0.05, 0) is 64.2 Å². The number of nitrogens with zero attached hydrogens (tertiary/aromatic N) is 1. The molecule has 242 valence electrons. The second-order valence-corrected chi connectivity index (χ2v) is 11.6. The summed E-state index contributed by atoms with van der Waals surface area (Å²) in [4.78, 5) is 55.2. The lowest BCUT2D eigenvalue weighted by molar-refractivity contribution is -0.146. The summed E-state index contributed by atoms with van der Waals surface area (Å²) in [7, 11) is 2.84. The zero-order valence-electron chi connectivity index (χ0n) is 26.4. The van der Waals surface area contributed by atoms with Crippen LogP contribution in [0, 0.1) is 0 Å². The zero-order valence-corrected chi connectivity index (χ0v) is 27.1. The molecule has 0 saturated heterocycles. The third kappa shape index (κ3) is 10.1. The first-order valence-corrected chi connectivity index (χ1v) is 15.3. The van der Waals surface area contributed by atoms with Crippen molar-refractivity contribution in [2.24, 2.45) is 0 Å². The standard InChI is InChI=1S/C34H42ClN3O7/c1-21-11-9-10-14-29(40)36-23(3)33(42)38(4)27(20-24-17-18-28(39)26(35)19-24)32(41)37-30(34(43)45-22(2)16-15-21)31(44-5)25-12-7-6-8-13-25/h6-8,11-13,17-19,22-23,27,39H,9-10,14-16,20H2,1-5H3,(H,36,40)(H,37,41)/b21-11+,31-30+/t22-,23-,27+/m0/s1. The summed E-state index contributed by atoms with van der Waals surface area (Å²) in [5, 5.41) is 15.4. The fraction of sp³-hybridized carbons (Fsp3) is 0.412. The third-order valence-electron chi connectivity index (χ3n) is 7.58. The number of hydrogen-bond acceptors (Lipinski definition) is 7. The molecule has 2 aromatic carbocycles. The molecule has 10 nitrogen and oxygen atoms in total. The summed E-state index contributed by atoms with van der Waals surface area (Å²) in [6.45, 7) is 5.31. The lowest BCUT2D eigenvalue weighted by atomic mass is 10.0. The Morgan fingerprint density at radius 2 is 1.80 bits per heavy atom. The molecule has 3 rings (SSSR count). The maximum Gasteiger partial charge on any atom is 0.359 e. The Morgan fingerprint density at radius 3 is 2.47 bits per heavy atom. The van der Waals surface area contributed by atoms with Gasteiger partial charge in [0.2, 0.25) is 17.7 Å². The van der Waals surface area contributed by atoms with Gasteiger partial charge in [0.1, 0.15) is 17.8 Å². The number of aromatic hydroxyl groups is 1. The summed E-state index contributed by atoms with van der Waals surface area (Å²) < 4.78 is 11.4. The van der Waals surface area contributed by atoms with Crippen LogP contribution in [0.5, 0.6) is 5.75 Å². The van der Waals surface area contributed by atoms with E-state index in [4.69, 9.17) is 21.1 Å². The first kappa shape index (κ1) is 35.2. The molecule has 0 bridgehead atoms. The monoisotopic (exact) mass is 639 g/mol. The summed E-state index contributed by atoms with van der Waals surface area (Å²) in [6.07, 6.45) is 4.29. The number of methoxy groups -OCH3 is 1. The van der Waals surface area contributed by atoms with Gasteiger partial charge in [-0.15, -0.1) is 0 Å². The number of likely N-dealkylation sites (N-methyl/N-ethyl adjacent to an activating group) is 1. The molecule has 3 N–H and O–H groups in total. The Morgan fingerprint density at radius 1 is 1.09 bits per heavy atom. The highest BCUT2D eigenvalue weighted by Crippen LogP contribution is 2.26. The van der Waals surface area contributed by atoms with Crippen LogP contribution < -0.4 is 10.6 Å². The number of nitrogens with one attached hydrogen (secondary N) is 2. The van der Waals surface area contributed by atoms with Crippen LogP contribution in [0.3, 0.4) is 0 Å². The van der Waals surface area contributed by atoms with Gasteiger partial charge >= 0.3 is 5.97 Å². The van der Waals surface area contributed by atoms with Gasteiger partial charge in [-0.2, -0.15) is 0 Å². The van der Waals surface area contributed by atoms with Crippen molar-refractivity contribution in [3.63, 3.8) is 0 Å². The van der Waals surface area contributed by atoms with Gasteiger partial charge in [0.15, 0.2) is 11.5 Å². The molecule has 0 spiro atoms. The highest BCUT2D eigenvalue weighted by atomic mass is 35.5. The van der Waals surface area contributed by atoms with E-state index in [0.29, 0.717) is 36.8 Å². The summed E-state index contributed by atoms with van der Waals surface area (Å²) in [5.41, 5.74) is 1.96. The fourth-order valence-corrected chi connectivity index (χ4v) is 5.15. The van der Waals surface area contributed by atoms with Crippen molar-refractivity contribution in [1.29, 1.82) is 0 Å². The molecule has 0 saturated carbocycles. The molecule has 1 heterocycles. The van der Waals surface area contributed by atoms with Crippen molar-refractivity contribution in [2.75, 3.05) is 14.2 Å². The number of esters is 1. The van der Waals surface area contributed by atoms with Gasteiger partial charge in [0.25, 0.3) is 0 Å². The van der Waals surface area contributed by atoms with E-state index in [0.717, 1.165) is 5.57 Å². The molecule has 11 heteroatoms. The Hall–Kier alpha value is -4.31. The normalized spacial score (nSPS) is 23.7. The van der Waals surface area contributed by atoms with Crippen LogP contribution in [0.4, 0.5) is 0 Å². The number of allylic oxidation sites excluding steroid dienone is 2. The molecule has 0 radical (unpaired) electrons. The van der Waals surface area contributed by atoms with E-state index < -0.39 is 36.0 Å². The molecule has 0 unspecified atom stereocenters. The Balaban J connectivity index is 2.09. The van der Waals surface area contributed by atoms with Gasteiger partial charge in [0, 0.05) is 25.5 Å². The average molecular weight is 640 g/mol. The third-order valence-corrected chi connectivity index (χ3v) is 7.88. The van der Waals surface area contributed by atoms with E-state index in [1.165, 1.54) is 31.2 Å². The molecular weight excluding hydrogens is 598 g/mol. The number of halogens is 1. The Bertz CT molecular complexity index is 1440. The van der Waals surface area contributed by atoms with E-state index >= 15 is 0 Å². The topological polar surface area (TPSA) is 134 Å². The average Bonchev–Trinajstić information content (AvgIpc) is 3.01. The summed E-state index contributed by atoms with van der Waals surface area (Å²) in [6, 6.07) is 11.2. The maximum absolute atomic E-state index is 14.1. The van der Waals surface area contributed by atoms with Crippen LogP contribution in [-0.2, 0) is 35.1 Å². The number of rotatable bonds is 4. The lowest BCUT2D eigenvalue weighted by Crippen LogP contribution is -2.54. The molecule has 0 aliphatic carbocycles. The highest BCUT2D eigenvalue weighted by Gasteiger charge is 2.33. The first-order valence-electron chi connectivity index (χ1n) is 15.0. The molecule has 0 fully saturated rings. The van der Waals surface area contributed by atoms with Crippen LogP contribution in [0.25, 0.3) is 5.76 Å². The van der Waals surface area contributed by atoms with Crippen molar-refractivity contribution < 1.29 is 33.8 Å². The molecule has 1 aliphatic rings. The van der Waals surface area contributed by atoms with Crippen LogP contribution >= 0.6 is 11.6 Å². The number of carbonyl (C=O) groups excluding carboxylic acids is 4. The van der Waals surface area contributed by atoms with Crippen molar-refractivity contribution >= 4 is 41.1 Å². The number of hydrogen-bond donors (Lipinski definition) is 3. The molecule has 45 heavy (non-hydrogen) atoms. The predicted molar refractivity (Wildman–Crippen MR) is 172 cm³/mol. The van der Waals surface area contributed by atoms with Gasteiger partial charge in [0.05, 0.1) is 18.2 Å². The summed E-state index contributed by atoms with van der Waals surface area (Å²) in [5.74, 6) is -2.33. The highest BCUT2D eigenvalue weighted by molar-refractivity contribution is 6.32. The van der Waals surface area contributed by atoms with Crippen molar-refractivity contribution in [1.82, 2.24) is 15.5 Å². The molecule has 2 aromatic rings. The number of benzene rings is 2. The number of carbonyl (C=O) groups is 4. The number of phenolic OH excluding ortho intramolecular Hbond substituents is 1. The van der Waals surface area contributed by atoms with Crippen molar-refractivity contribution in [3.05, 3.63) is 82.0 Å². The van der Waals surface area contributed by atoms with Crippen molar-refractivity contribution in [2.45, 2.75) is 77.5 Å². The Kier molecular flexibility index (Phi) is 13.0. The number of phenols is 1. The van der Waals surface area contributed by atoms with E-state index in [1.807, 2.05) is 13.0 Å². The molecule has 0 aromatic heterocycles. The van der Waals surface area contributed by atoms with Crippen molar-refractivity contribution in [3.8, 4) is 5.75 Å². The minimum atomic E-state index is -1.17. The van der Waals surface area contributed by atoms with E-state index in [-0.39, 0.29) is 41.0 Å². The predicted octanol–water partition coefficient (Wildman–Crippen LogP) is 4.89. The smallest absolute Gasteiger partial charge is 0.359 e. The molecule has 3 amide bonds. The zero-order chi connectivity index (χ0) is 33.1. The minimum Gasteiger partial charge on any atom is -0.506 e. The number of cyclic esters (lactones) is 1. The molecule has 3 atom stereocenters. The first-order chi connectivity index (χ1) is 21.4. The SMILES string of the molecule is CO/C(=C1/NC(=O)[C@@H](Cc2ccc(O)c(Cl)c2)N(C)C(=O)[C@H](C)NC(=O)CCC/C=C(\C)CC[C@H](C)OC1=O)c1ccccc1. The molecule has 1 aliphatic heterocycles. The second kappa shape index (κ2) is 16.7. The second-order valence-electron chi connectivity index (χ2n) is 11.2. The minimum absolute atomic E-state index is 0.0218. The van der Waals surface area contributed by atoms with Crippen LogP contribution in [0.2, 0.25) is 5.02 Å². The van der Waals surface area contributed by atoms with E-state index in [2.05, 4.69) is 16.7 Å². The van der Waals surface area contributed by atoms with Crippen LogP contribution in [0.1, 0.15) is 64.0 Å². The number of ether oxygens (including phenoxy) is 2. The van der Waals surface area contributed by atoms with Gasteiger partial charge in [-0.25, -0.2) is 4.79 Å². The quantitative estimate of drug-likeness (QED) is 0.188. The number of amides is 3. The Labute approximate surface area is 269 Å². The van der Waals surface area contributed by atoms with Gasteiger partial charge in [-0.3, -0.25) is 14.4 Å². The molecular formula is C34H42ClN3O7. The summed E-state index contributed by atoms with van der Waals surface area (Å²) >= 11 is 6.14. The van der Waals surface area contributed by atoms with E-state index in [9.17, 15) is 24.3 Å². The van der Waals surface area contributed by atoms with Gasteiger partial charge < -0.3 is 30.1 Å². The van der Waals surface area contributed by atoms with Crippen LogP contribution in [-0.4, -0.2) is 66.0 Å². The van der Waals surface area contributed by atoms with Crippen LogP contribution in [0.15, 0.2) is 65.9 Å². The lowest BCUT2D eigenvalue weighted by Gasteiger charge is -2.30. The van der Waals surface area contributed by atoms with E-state index in [1.54, 1.807) is 44.2 Å². The largest absolute Gasteiger partial charge is 0.506 e.